The third-order valence-corrected chi connectivity index (χ3v) is 1.96. The number of ether oxygens (including phenoxy) is 1. The Morgan fingerprint density at radius 3 is 2.54 bits per heavy atom. The maximum atomic E-state index is 11.0. The third-order valence-electron chi connectivity index (χ3n) is 1.96. The Hall–Kier alpha value is -1.07. The van der Waals surface area contributed by atoms with Gasteiger partial charge in [0.1, 0.15) is 0 Å². The van der Waals surface area contributed by atoms with Crippen molar-refractivity contribution in [1.82, 2.24) is 0 Å². The normalized spacial score (nSPS) is 15.9. The van der Waals surface area contributed by atoms with Crippen LogP contribution in [0.3, 0.4) is 0 Å². The van der Waals surface area contributed by atoms with E-state index in [-0.39, 0.29) is 5.97 Å². The van der Waals surface area contributed by atoms with Crippen LogP contribution in [0.1, 0.15) is 12.8 Å². The van der Waals surface area contributed by atoms with Crippen molar-refractivity contribution in [3.05, 3.63) is 23.2 Å². The molecule has 0 radical (unpaired) electrons. The fourth-order valence-corrected chi connectivity index (χ4v) is 1.17. The summed E-state index contributed by atoms with van der Waals surface area (Å²) in [6, 6.07) is 0. The summed E-state index contributed by atoms with van der Waals surface area (Å²) in [4.78, 5) is 11.0. The standard InChI is InChI=1S/C8H11BO4/c1-13-8(10)6-2-4-7(5-3-6)9(11)12/h2,4,11-12H,3,5H2,1H3. The van der Waals surface area contributed by atoms with Crippen LogP contribution in [0.15, 0.2) is 23.2 Å². The summed E-state index contributed by atoms with van der Waals surface area (Å²) in [5.41, 5.74) is 1.08. The van der Waals surface area contributed by atoms with Gasteiger partial charge in [0, 0.05) is 5.57 Å². The van der Waals surface area contributed by atoms with Gasteiger partial charge in [0.2, 0.25) is 0 Å². The molecule has 0 amide bonds. The molecular weight excluding hydrogens is 171 g/mol. The summed E-state index contributed by atoms with van der Waals surface area (Å²) >= 11 is 0. The van der Waals surface area contributed by atoms with Gasteiger partial charge in [-0.05, 0) is 18.3 Å². The SMILES string of the molecule is COC(=O)C1=CC=C(B(O)O)CC1. The van der Waals surface area contributed by atoms with Crippen molar-refractivity contribution in [2.24, 2.45) is 0 Å². The maximum Gasteiger partial charge on any atom is 0.484 e. The minimum Gasteiger partial charge on any atom is -0.466 e. The molecule has 5 heteroatoms. The van der Waals surface area contributed by atoms with Gasteiger partial charge in [-0.25, -0.2) is 4.79 Å². The number of carbonyl (C=O) groups is 1. The van der Waals surface area contributed by atoms with Gasteiger partial charge in [-0.2, -0.15) is 0 Å². The Balaban J connectivity index is 2.70. The summed E-state index contributed by atoms with van der Waals surface area (Å²) in [6.45, 7) is 0. The van der Waals surface area contributed by atoms with Gasteiger partial charge in [-0.3, -0.25) is 0 Å². The predicted molar refractivity (Wildman–Crippen MR) is 47.6 cm³/mol. The fourth-order valence-electron chi connectivity index (χ4n) is 1.17. The Kier molecular flexibility index (Phi) is 3.28. The van der Waals surface area contributed by atoms with E-state index in [2.05, 4.69) is 4.74 Å². The number of carbonyl (C=O) groups excluding carboxylic acids is 1. The zero-order chi connectivity index (χ0) is 9.84. The van der Waals surface area contributed by atoms with Crippen LogP contribution in [0.4, 0.5) is 0 Å². The number of esters is 1. The molecule has 0 aromatic carbocycles. The molecule has 0 aliphatic heterocycles. The van der Waals surface area contributed by atoms with Gasteiger partial charge >= 0.3 is 13.1 Å². The molecule has 0 aromatic rings. The van der Waals surface area contributed by atoms with Crippen molar-refractivity contribution in [2.45, 2.75) is 12.8 Å². The highest BCUT2D eigenvalue weighted by Gasteiger charge is 2.19. The van der Waals surface area contributed by atoms with Crippen LogP contribution in [-0.4, -0.2) is 30.2 Å². The molecule has 0 saturated carbocycles. The van der Waals surface area contributed by atoms with E-state index < -0.39 is 7.12 Å². The molecule has 2 N–H and O–H groups in total. The first-order valence-corrected chi connectivity index (χ1v) is 3.99. The van der Waals surface area contributed by atoms with E-state index in [9.17, 15) is 4.79 Å². The molecule has 0 fully saturated rings. The van der Waals surface area contributed by atoms with E-state index >= 15 is 0 Å². The Morgan fingerprint density at radius 1 is 1.46 bits per heavy atom. The summed E-state index contributed by atoms with van der Waals surface area (Å²) < 4.78 is 4.52. The predicted octanol–water partition coefficient (Wildman–Crippen LogP) is -0.182. The molecule has 0 bridgehead atoms. The van der Waals surface area contributed by atoms with Gasteiger partial charge in [-0.15, -0.1) is 0 Å². The molecule has 1 rings (SSSR count). The van der Waals surface area contributed by atoms with Crippen LogP contribution in [0.25, 0.3) is 0 Å². The van der Waals surface area contributed by atoms with Crippen LogP contribution in [-0.2, 0) is 9.53 Å². The lowest BCUT2D eigenvalue weighted by atomic mass is 9.74. The first-order chi connectivity index (χ1) is 6.15. The summed E-state index contributed by atoms with van der Waals surface area (Å²) in [5.74, 6) is -0.359. The van der Waals surface area contributed by atoms with E-state index in [1.54, 1.807) is 12.2 Å². The van der Waals surface area contributed by atoms with Gasteiger partial charge in [0.05, 0.1) is 7.11 Å². The number of rotatable bonds is 2. The minimum atomic E-state index is -1.42. The van der Waals surface area contributed by atoms with E-state index in [4.69, 9.17) is 10.0 Å². The molecule has 1 aliphatic carbocycles. The van der Waals surface area contributed by atoms with Crippen molar-refractivity contribution >= 4 is 13.1 Å². The Bertz CT molecular complexity index is 267. The Labute approximate surface area is 76.7 Å². The molecule has 0 spiro atoms. The summed E-state index contributed by atoms with van der Waals surface area (Å²) in [6.07, 6.45) is 4.08. The van der Waals surface area contributed by atoms with E-state index in [0.29, 0.717) is 23.9 Å². The topological polar surface area (TPSA) is 66.8 Å². The number of allylic oxidation sites excluding steroid dienone is 3. The highest BCUT2D eigenvalue weighted by Crippen LogP contribution is 2.19. The van der Waals surface area contributed by atoms with Crippen molar-refractivity contribution in [1.29, 1.82) is 0 Å². The minimum absolute atomic E-state index is 0.359. The summed E-state index contributed by atoms with van der Waals surface area (Å²) in [7, 11) is -0.0982. The van der Waals surface area contributed by atoms with E-state index in [0.717, 1.165) is 0 Å². The molecule has 0 atom stereocenters. The molecule has 4 nitrogen and oxygen atoms in total. The molecule has 1 aliphatic rings. The van der Waals surface area contributed by atoms with Gasteiger partial charge in [-0.1, -0.05) is 12.2 Å². The molecule has 0 unspecified atom stereocenters. The first-order valence-electron chi connectivity index (χ1n) is 3.99. The molecular formula is C8H11BO4. The maximum absolute atomic E-state index is 11.0. The highest BCUT2D eigenvalue weighted by atomic mass is 16.5. The number of hydrogen-bond donors (Lipinski definition) is 2. The fraction of sp³-hybridized carbons (Fsp3) is 0.375. The van der Waals surface area contributed by atoms with Crippen LogP contribution in [0.5, 0.6) is 0 Å². The lowest BCUT2D eigenvalue weighted by molar-refractivity contribution is -0.136. The van der Waals surface area contributed by atoms with Crippen molar-refractivity contribution in [3.63, 3.8) is 0 Å². The molecule has 0 aromatic heterocycles. The van der Waals surface area contributed by atoms with Crippen LogP contribution >= 0.6 is 0 Å². The third kappa shape index (κ3) is 2.43. The lowest BCUT2D eigenvalue weighted by Gasteiger charge is -2.11. The van der Waals surface area contributed by atoms with Gasteiger partial charge in [0.15, 0.2) is 0 Å². The zero-order valence-electron chi connectivity index (χ0n) is 7.36. The second-order valence-corrected chi connectivity index (χ2v) is 2.80. The smallest absolute Gasteiger partial charge is 0.466 e. The first kappa shape index (κ1) is 10.0. The van der Waals surface area contributed by atoms with Crippen molar-refractivity contribution in [2.75, 3.05) is 7.11 Å². The molecule has 0 saturated heterocycles. The Morgan fingerprint density at radius 2 is 2.15 bits per heavy atom. The second kappa shape index (κ2) is 4.25. The zero-order valence-corrected chi connectivity index (χ0v) is 7.36. The van der Waals surface area contributed by atoms with Crippen molar-refractivity contribution in [3.8, 4) is 0 Å². The molecule has 13 heavy (non-hydrogen) atoms. The summed E-state index contributed by atoms with van der Waals surface area (Å²) in [5, 5.41) is 17.6. The van der Waals surface area contributed by atoms with Gasteiger partial charge in [0.25, 0.3) is 0 Å². The van der Waals surface area contributed by atoms with Crippen LogP contribution in [0, 0.1) is 0 Å². The van der Waals surface area contributed by atoms with Crippen LogP contribution < -0.4 is 0 Å². The number of hydrogen-bond acceptors (Lipinski definition) is 4. The van der Waals surface area contributed by atoms with E-state index in [1.165, 1.54) is 7.11 Å². The number of methoxy groups -OCH3 is 1. The largest absolute Gasteiger partial charge is 0.484 e. The van der Waals surface area contributed by atoms with Crippen molar-refractivity contribution < 1.29 is 19.6 Å². The quantitative estimate of drug-likeness (QED) is 0.459. The second-order valence-electron chi connectivity index (χ2n) is 2.80. The lowest BCUT2D eigenvalue weighted by Crippen LogP contribution is -2.18. The molecule has 70 valence electrons. The van der Waals surface area contributed by atoms with Gasteiger partial charge < -0.3 is 14.8 Å². The molecule has 0 heterocycles. The van der Waals surface area contributed by atoms with E-state index in [1.807, 2.05) is 0 Å². The average molecular weight is 182 g/mol. The monoisotopic (exact) mass is 182 g/mol. The van der Waals surface area contributed by atoms with Crippen LogP contribution in [0.2, 0.25) is 0 Å². The average Bonchev–Trinajstić information content (AvgIpc) is 2.17. The highest BCUT2D eigenvalue weighted by molar-refractivity contribution is 6.50.